The van der Waals surface area contributed by atoms with E-state index in [0.717, 1.165) is 5.56 Å². The molecule has 0 fully saturated rings. The van der Waals surface area contributed by atoms with Crippen LogP contribution in [0, 0.1) is 10.1 Å². The van der Waals surface area contributed by atoms with Crippen LogP contribution < -0.4 is 5.43 Å². The Morgan fingerprint density at radius 1 is 1.14 bits per heavy atom. The number of nitro benzene ring substituents is 1. The maximum absolute atomic E-state index is 10.7. The number of carboxylic acids is 1. The van der Waals surface area contributed by atoms with E-state index in [2.05, 4.69) is 10.5 Å². The molecule has 7 heteroatoms. The molecular weight excluding hydrogens is 274 g/mol. The van der Waals surface area contributed by atoms with E-state index in [1.165, 1.54) is 30.5 Å². The van der Waals surface area contributed by atoms with Gasteiger partial charge < -0.3 is 5.11 Å². The Hall–Kier alpha value is -3.22. The predicted molar refractivity (Wildman–Crippen MR) is 77.7 cm³/mol. The normalized spacial score (nSPS) is 10.5. The van der Waals surface area contributed by atoms with Crippen molar-refractivity contribution < 1.29 is 14.8 Å². The van der Waals surface area contributed by atoms with Gasteiger partial charge in [0.1, 0.15) is 0 Å². The second-order valence-electron chi connectivity index (χ2n) is 4.10. The number of nitrogens with zero attached hydrogens (tertiary/aromatic N) is 2. The van der Waals surface area contributed by atoms with Crippen molar-refractivity contribution in [1.82, 2.24) is 0 Å². The van der Waals surface area contributed by atoms with Gasteiger partial charge in [-0.15, -0.1) is 0 Å². The molecule has 0 saturated heterocycles. The molecule has 7 nitrogen and oxygen atoms in total. The smallest absolute Gasteiger partial charge is 0.335 e. The maximum Gasteiger partial charge on any atom is 0.335 e. The molecule has 0 saturated carbocycles. The van der Waals surface area contributed by atoms with Gasteiger partial charge in [0.05, 0.1) is 22.4 Å². The number of non-ortho nitro benzene ring substituents is 1. The SMILES string of the molecule is O=C(O)c1ccc(/C=N\Nc2ccc([N+](=O)[O-])cc2)cc1. The number of benzene rings is 2. The largest absolute Gasteiger partial charge is 0.478 e. The Morgan fingerprint density at radius 3 is 2.29 bits per heavy atom. The first-order valence-corrected chi connectivity index (χ1v) is 5.93. The lowest BCUT2D eigenvalue weighted by molar-refractivity contribution is -0.384. The summed E-state index contributed by atoms with van der Waals surface area (Å²) in [6.07, 6.45) is 1.52. The van der Waals surface area contributed by atoms with Gasteiger partial charge in [0.2, 0.25) is 0 Å². The molecule has 0 aliphatic heterocycles. The standard InChI is InChI=1S/C14H11N3O4/c18-14(19)11-3-1-10(2-4-11)9-15-16-12-5-7-13(8-6-12)17(20)21/h1-9,16H,(H,18,19)/b15-9-. The number of hydrogen-bond acceptors (Lipinski definition) is 5. The van der Waals surface area contributed by atoms with Crippen molar-refractivity contribution in [2.45, 2.75) is 0 Å². The summed E-state index contributed by atoms with van der Waals surface area (Å²) < 4.78 is 0. The Balaban J connectivity index is 1.98. The van der Waals surface area contributed by atoms with Crippen molar-refractivity contribution >= 4 is 23.6 Å². The van der Waals surface area contributed by atoms with Crippen LogP contribution in [0.25, 0.3) is 0 Å². The molecule has 0 radical (unpaired) electrons. The Bertz CT molecular complexity index is 678. The van der Waals surface area contributed by atoms with E-state index in [1.54, 1.807) is 24.3 Å². The number of anilines is 1. The van der Waals surface area contributed by atoms with Gasteiger partial charge in [0.15, 0.2) is 0 Å². The summed E-state index contributed by atoms with van der Waals surface area (Å²) in [6.45, 7) is 0. The third kappa shape index (κ3) is 3.87. The molecule has 21 heavy (non-hydrogen) atoms. The van der Waals surface area contributed by atoms with E-state index in [9.17, 15) is 14.9 Å². The van der Waals surface area contributed by atoms with Crippen LogP contribution in [0.15, 0.2) is 53.6 Å². The number of nitro groups is 1. The number of hydrogen-bond donors (Lipinski definition) is 2. The average molecular weight is 285 g/mol. The minimum Gasteiger partial charge on any atom is -0.478 e. The molecule has 2 N–H and O–H groups in total. The maximum atomic E-state index is 10.7. The lowest BCUT2D eigenvalue weighted by Crippen LogP contribution is -1.96. The van der Waals surface area contributed by atoms with E-state index < -0.39 is 10.9 Å². The summed E-state index contributed by atoms with van der Waals surface area (Å²) >= 11 is 0. The van der Waals surface area contributed by atoms with Gasteiger partial charge in [-0.25, -0.2) is 4.79 Å². The number of nitrogens with one attached hydrogen (secondary N) is 1. The van der Waals surface area contributed by atoms with Crippen LogP contribution in [0.5, 0.6) is 0 Å². The molecule has 106 valence electrons. The van der Waals surface area contributed by atoms with Crippen LogP contribution in [0.1, 0.15) is 15.9 Å². The van der Waals surface area contributed by atoms with E-state index in [4.69, 9.17) is 5.11 Å². The first kappa shape index (κ1) is 14.2. The molecule has 0 unspecified atom stereocenters. The summed E-state index contributed by atoms with van der Waals surface area (Å²) in [6, 6.07) is 12.1. The summed E-state index contributed by atoms with van der Waals surface area (Å²) in [5.41, 5.74) is 4.28. The summed E-state index contributed by atoms with van der Waals surface area (Å²) in [7, 11) is 0. The topological polar surface area (TPSA) is 105 Å². The van der Waals surface area contributed by atoms with Gasteiger partial charge in [-0.1, -0.05) is 12.1 Å². The van der Waals surface area contributed by atoms with Gasteiger partial charge in [-0.05, 0) is 29.8 Å². The van der Waals surface area contributed by atoms with E-state index in [-0.39, 0.29) is 11.3 Å². The zero-order chi connectivity index (χ0) is 15.2. The van der Waals surface area contributed by atoms with Gasteiger partial charge in [0.25, 0.3) is 5.69 Å². The highest BCUT2D eigenvalue weighted by Gasteiger charge is 2.03. The Kier molecular flexibility index (Phi) is 4.25. The van der Waals surface area contributed by atoms with Crippen LogP contribution >= 0.6 is 0 Å². The fourth-order valence-electron chi connectivity index (χ4n) is 1.55. The van der Waals surface area contributed by atoms with Crippen molar-refractivity contribution in [2.24, 2.45) is 5.10 Å². The van der Waals surface area contributed by atoms with Gasteiger partial charge in [0, 0.05) is 12.1 Å². The minimum atomic E-state index is -0.984. The fraction of sp³-hybridized carbons (Fsp3) is 0. The lowest BCUT2D eigenvalue weighted by atomic mass is 10.1. The van der Waals surface area contributed by atoms with Gasteiger partial charge in [-0.3, -0.25) is 15.5 Å². The molecule has 2 aromatic carbocycles. The number of rotatable bonds is 5. The molecule has 0 bridgehead atoms. The van der Waals surface area contributed by atoms with Crippen LogP contribution in [0.2, 0.25) is 0 Å². The number of hydrazone groups is 1. The molecule has 0 aliphatic carbocycles. The summed E-state index contributed by atoms with van der Waals surface area (Å²) in [5.74, 6) is -0.984. The number of aromatic carboxylic acids is 1. The number of carboxylic acid groups (broad SMARTS) is 1. The van der Waals surface area contributed by atoms with E-state index >= 15 is 0 Å². The van der Waals surface area contributed by atoms with Crippen molar-refractivity contribution in [3.8, 4) is 0 Å². The van der Waals surface area contributed by atoms with Gasteiger partial charge in [-0.2, -0.15) is 5.10 Å². The molecule has 0 aromatic heterocycles. The van der Waals surface area contributed by atoms with Crippen LogP contribution in [-0.4, -0.2) is 22.2 Å². The van der Waals surface area contributed by atoms with Gasteiger partial charge >= 0.3 is 5.97 Å². The quantitative estimate of drug-likeness (QED) is 0.499. The van der Waals surface area contributed by atoms with Crippen molar-refractivity contribution in [3.05, 3.63) is 69.8 Å². The predicted octanol–water partition coefficient (Wildman–Crippen LogP) is 2.74. The third-order valence-electron chi connectivity index (χ3n) is 2.64. The zero-order valence-electron chi connectivity index (χ0n) is 10.8. The molecule has 0 atom stereocenters. The Morgan fingerprint density at radius 2 is 1.76 bits per heavy atom. The summed E-state index contributed by atoms with van der Waals surface area (Å²) in [4.78, 5) is 20.7. The molecule has 0 heterocycles. The average Bonchev–Trinajstić information content (AvgIpc) is 2.48. The highest BCUT2D eigenvalue weighted by molar-refractivity contribution is 5.89. The molecule has 2 rings (SSSR count). The van der Waals surface area contributed by atoms with E-state index in [1.807, 2.05) is 0 Å². The molecule has 0 spiro atoms. The monoisotopic (exact) mass is 285 g/mol. The second-order valence-corrected chi connectivity index (χ2v) is 4.10. The first-order valence-electron chi connectivity index (χ1n) is 5.93. The molecule has 0 aliphatic rings. The van der Waals surface area contributed by atoms with Crippen molar-refractivity contribution in [3.63, 3.8) is 0 Å². The van der Waals surface area contributed by atoms with Crippen LogP contribution in [-0.2, 0) is 0 Å². The molecule has 0 amide bonds. The van der Waals surface area contributed by atoms with Crippen LogP contribution in [0.4, 0.5) is 11.4 Å². The fourth-order valence-corrected chi connectivity index (χ4v) is 1.55. The van der Waals surface area contributed by atoms with Crippen molar-refractivity contribution in [1.29, 1.82) is 0 Å². The first-order chi connectivity index (χ1) is 10.1. The molecular formula is C14H11N3O4. The molecule has 2 aromatic rings. The third-order valence-corrected chi connectivity index (χ3v) is 2.64. The lowest BCUT2D eigenvalue weighted by Gasteiger charge is -1.99. The summed E-state index contributed by atoms with van der Waals surface area (Å²) in [5, 5.41) is 23.2. The minimum absolute atomic E-state index is 0.00814. The van der Waals surface area contributed by atoms with Crippen LogP contribution in [0.3, 0.4) is 0 Å². The van der Waals surface area contributed by atoms with E-state index in [0.29, 0.717) is 5.69 Å². The highest BCUT2D eigenvalue weighted by atomic mass is 16.6. The Labute approximate surface area is 119 Å². The second kappa shape index (κ2) is 6.29. The van der Waals surface area contributed by atoms with Crippen molar-refractivity contribution in [2.75, 3.05) is 5.43 Å². The number of carbonyl (C=O) groups is 1. The highest BCUT2D eigenvalue weighted by Crippen LogP contribution is 2.15. The zero-order valence-corrected chi connectivity index (χ0v) is 10.8.